The minimum atomic E-state index is -0.769. The number of carbonyl (C=O) groups excluding carboxylic acids is 1. The number of carbonyl (C=O) groups is 1. The molecule has 6 heteroatoms. The summed E-state index contributed by atoms with van der Waals surface area (Å²) in [4.78, 5) is 15.0. The molecule has 0 radical (unpaired) electrons. The van der Waals surface area contributed by atoms with Crippen LogP contribution in [0.2, 0.25) is 0 Å². The second-order valence-electron chi connectivity index (χ2n) is 6.98. The van der Waals surface area contributed by atoms with Crippen LogP contribution in [0.3, 0.4) is 0 Å². The zero-order chi connectivity index (χ0) is 16.4. The number of ether oxygens (including phenoxy) is 2. The Morgan fingerprint density at radius 3 is 2.70 bits per heavy atom. The van der Waals surface area contributed by atoms with Gasteiger partial charge in [0, 0.05) is 32.8 Å². The van der Waals surface area contributed by atoms with E-state index in [-0.39, 0.29) is 12.0 Å². The number of hydrogen-bond donors (Lipinski definition) is 0. The molecule has 1 aromatic heterocycles. The zero-order valence-corrected chi connectivity index (χ0v) is 14.3. The summed E-state index contributed by atoms with van der Waals surface area (Å²) in [7, 11) is 1.94. The number of hydrogen-bond acceptors (Lipinski definition) is 4. The largest absolute Gasteiger partial charge is 0.378 e. The van der Waals surface area contributed by atoms with Gasteiger partial charge in [-0.2, -0.15) is 5.10 Å². The predicted molar refractivity (Wildman–Crippen MR) is 86.2 cm³/mol. The molecule has 0 aromatic carbocycles. The van der Waals surface area contributed by atoms with Gasteiger partial charge in [0.25, 0.3) is 5.91 Å². The van der Waals surface area contributed by atoms with Crippen LogP contribution in [-0.4, -0.2) is 58.6 Å². The third-order valence-corrected chi connectivity index (χ3v) is 4.81. The molecule has 128 valence electrons. The van der Waals surface area contributed by atoms with E-state index in [0.717, 1.165) is 25.9 Å². The lowest BCUT2D eigenvalue weighted by molar-refractivity contribution is -0.165. The Morgan fingerprint density at radius 1 is 1.43 bits per heavy atom. The van der Waals surface area contributed by atoms with Crippen LogP contribution in [0.5, 0.6) is 0 Å². The Kier molecular flexibility index (Phi) is 4.73. The normalized spacial score (nSPS) is 26.2. The van der Waals surface area contributed by atoms with Gasteiger partial charge >= 0.3 is 0 Å². The minimum absolute atomic E-state index is 0.0218. The van der Waals surface area contributed by atoms with Crippen molar-refractivity contribution in [2.45, 2.75) is 50.7 Å². The molecular formula is C17H27N3O3. The molecule has 2 aliphatic heterocycles. The Balaban J connectivity index is 1.63. The maximum absolute atomic E-state index is 13.0. The molecule has 23 heavy (non-hydrogen) atoms. The van der Waals surface area contributed by atoms with Crippen molar-refractivity contribution in [2.75, 3.05) is 26.3 Å². The van der Waals surface area contributed by atoms with Gasteiger partial charge in [0.05, 0.1) is 25.5 Å². The quantitative estimate of drug-likeness (QED) is 0.847. The maximum Gasteiger partial charge on any atom is 0.257 e. The number of nitrogens with zero attached hydrogens (tertiary/aromatic N) is 3. The molecule has 0 spiro atoms. The standard InChI is InChI=1S/C17H27N3O3/c1-13(2)23-17(6-9-22-12-17)16(21)20-7-4-14(5-8-20)15-10-18-19(3)11-15/h10-11,13-14H,4-9,12H2,1-3H3. The summed E-state index contributed by atoms with van der Waals surface area (Å²) in [6, 6.07) is 0. The van der Waals surface area contributed by atoms with Gasteiger partial charge in [-0.1, -0.05) is 0 Å². The number of amides is 1. The SMILES string of the molecule is CC(C)OC1(C(=O)N2CCC(c3cnn(C)c3)CC2)CCOC1. The van der Waals surface area contributed by atoms with E-state index in [9.17, 15) is 4.79 Å². The molecule has 3 rings (SSSR count). The number of aromatic nitrogens is 2. The topological polar surface area (TPSA) is 56.6 Å². The van der Waals surface area contributed by atoms with Crippen molar-refractivity contribution in [1.29, 1.82) is 0 Å². The third kappa shape index (κ3) is 3.43. The fourth-order valence-electron chi connectivity index (χ4n) is 3.66. The van der Waals surface area contributed by atoms with Crippen LogP contribution in [-0.2, 0) is 21.3 Å². The molecule has 1 atom stereocenters. The van der Waals surface area contributed by atoms with E-state index >= 15 is 0 Å². The molecule has 1 aromatic rings. The second-order valence-corrected chi connectivity index (χ2v) is 6.98. The van der Waals surface area contributed by atoms with Crippen LogP contribution in [0.15, 0.2) is 12.4 Å². The fourth-order valence-corrected chi connectivity index (χ4v) is 3.66. The highest BCUT2D eigenvalue weighted by Crippen LogP contribution is 2.32. The van der Waals surface area contributed by atoms with Crippen molar-refractivity contribution in [3.05, 3.63) is 18.0 Å². The van der Waals surface area contributed by atoms with Gasteiger partial charge < -0.3 is 14.4 Å². The fraction of sp³-hybridized carbons (Fsp3) is 0.765. The summed E-state index contributed by atoms with van der Waals surface area (Å²) in [6.45, 7) is 6.49. The van der Waals surface area contributed by atoms with E-state index in [1.165, 1.54) is 5.56 Å². The first-order chi connectivity index (χ1) is 11.0. The lowest BCUT2D eigenvalue weighted by Gasteiger charge is -2.38. The molecular weight excluding hydrogens is 294 g/mol. The Hall–Kier alpha value is -1.40. The van der Waals surface area contributed by atoms with Gasteiger partial charge in [-0.15, -0.1) is 0 Å². The molecule has 1 unspecified atom stereocenters. The molecule has 0 saturated carbocycles. The van der Waals surface area contributed by atoms with Crippen molar-refractivity contribution < 1.29 is 14.3 Å². The van der Waals surface area contributed by atoms with Crippen LogP contribution in [0.4, 0.5) is 0 Å². The highest BCUT2D eigenvalue weighted by Gasteiger charge is 2.47. The summed E-state index contributed by atoms with van der Waals surface area (Å²) < 4.78 is 13.3. The average molecular weight is 321 g/mol. The summed E-state index contributed by atoms with van der Waals surface area (Å²) in [5.74, 6) is 0.600. The lowest BCUT2D eigenvalue weighted by atomic mass is 9.90. The van der Waals surface area contributed by atoms with Crippen molar-refractivity contribution in [3.63, 3.8) is 0 Å². The lowest BCUT2D eigenvalue weighted by Crippen LogP contribution is -2.54. The van der Waals surface area contributed by atoms with E-state index in [4.69, 9.17) is 9.47 Å². The van der Waals surface area contributed by atoms with E-state index in [0.29, 0.717) is 25.6 Å². The Morgan fingerprint density at radius 2 is 2.17 bits per heavy atom. The highest BCUT2D eigenvalue weighted by molar-refractivity contribution is 5.86. The highest BCUT2D eigenvalue weighted by atomic mass is 16.6. The first-order valence-electron chi connectivity index (χ1n) is 8.54. The molecule has 3 heterocycles. The summed E-state index contributed by atoms with van der Waals surface area (Å²) >= 11 is 0. The van der Waals surface area contributed by atoms with Crippen LogP contribution in [0.1, 0.15) is 44.6 Å². The minimum Gasteiger partial charge on any atom is -0.378 e. The predicted octanol–water partition coefficient (Wildman–Crippen LogP) is 1.71. The molecule has 2 fully saturated rings. The maximum atomic E-state index is 13.0. The van der Waals surface area contributed by atoms with Crippen LogP contribution in [0.25, 0.3) is 0 Å². The van der Waals surface area contributed by atoms with Gasteiger partial charge in [0.1, 0.15) is 0 Å². The van der Waals surface area contributed by atoms with Crippen LogP contribution in [0, 0.1) is 0 Å². The Labute approximate surface area is 137 Å². The van der Waals surface area contributed by atoms with Gasteiger partial charge in [-0.05, 0) is 38.2 Å². The van der Waals surface area contributed by atoms with Crippen molar-refractivity contribution >= 4 is 5.91 Å². The number of likely N-dealkylation sites (tertiary alicyclic amines) is 1. The van der Waals surface area contributed by atoms with Gasteiger partial charge in [0.15, 0.2) is 5.60 Å². The molecule has 1 amide bonds. The van der Waals surface area contributed by atoms with Crippen LogP contribution < -0.4 is 0 Å². The number of piperidine rings is 1. The average Bonchev–Trinajstić information content (AvgIpc) is 3.16. The number of aryl methyl sites for hydroxylation is 1. The zero-order valence-electron chi connectivity index (χ0n) is 14.3. The molecule has 2 saturated heterocycles. The van der Waals surface area contributed by atoms with E-state index in [1.54, 1.807) is 0 Å². The third-order valence-electron chi connectivity index (χ3n) is 4.81. The molecule has 0 aliphatic carbocycles. The second kappa shape index (κ2) is 6.61. The van der Waals surface area contributed by atoms with E-state index in [2.05, 4.69) is 11.3 Å². The first kappa shape index (κ1) is 16.5. The molecule has 0 N–H and O–H groups in total. The van der Waals surface area contributed by atoms with Gasteiger partial charge in [-0.3, -0.25) is 9.48 Å². The first-order valence-corrected chi connectivity index (χ1v) is 8.54. The summed E-state index contributed by atoms with van der Waals surface area (Å²) in [5, 5.41) is 4.25. The van der Waals surface area contributed by atoms with Gasteiger partial charge in [-0.25, -0.2) is 0 Å². The summed E-state index contributed by atoms with van der Waals surface area (Å²) in [5.41, 5.74) is 0.506. The van der Waals surface area contributed by atoms with Gasteiger partial charge in [0.2, 0.25) is 0 Å². The Bertz CT molecular complexity index is 541. The van der Waals surface area contributed by atoms with E-state index in [1.807, 2.05) is 36.7 Å². The molecule has 2 aliphatic rings. The monoisotopic (exact) mass is 321 g/mol. The molecule has 6 nitrogen and oxygen atoms in total. The van der Waals surface area contributed by atoms with Crippen molar-refractivity contribution in [3.8, 4) is 0 Å². The smallest absolute Gasteiger partial charge is 0.257 e. The van der Waals surface area contributed by atoms with Crippen molar-refractivity contribution in [1.82, 2.24) is 14.7 Å². The number of rotatable bonds is 4. The van der Waals surface area contributed by atoms with Crippen molar-refractivity contribution in [2.24, 2.45) is 7.05 Å². The summed E-state index contributed by atoms with van der Waals surface area (Å²) in [6.07, 6.45) is 6.67. The van der Waals surface area contributed by atoms with Crippen LogP contribution >= 0.6 is 0 Å². The van der Waals surface area contributed by atoms with E-state index < -0.39 is 5.60 Å². The molecule has 0 bridgehead atoms.